The van der Waals surface area contributed by atoms with E-state index in [-0.39, 0.29) is 0 Å². The third-order valence-electron chi connectivity index (χ3n) is 1.27. The van der Waals surface area contributed by atoms with E-state index in [4.69, 9.17) is 10.8 Å². The largest absolute Gasteiger partial charge is 0.392 e. The molecule has 1 aliphatic heterocycles. The van der Waals surface area contributed by atoms with Gasteiger partial charge in [0.15, 0.2) is 5.66 Å². The van der Waals surface area contributed by atoms with Crippen molar-refractivity contribution in [1.82, 2.24) is 21.9 Å². The van der Waals surface area contributed by atoms with E-state index in [0.29, 0.717) is 0 Å². The molecule has 0 aromatic rings. The van der Waals surface area contributed by atoms with E-state index in [1.54, 1.807) is 0 Å². The first-order valence-corrected chi connectivity index (χ1v) is 2.66. The van der Waals surface area contributed by atoms with Gasteiger partial charge in [0.05, 0.1) is 6.61 Å². The van der Waals surface area contributed by atoms with E-state index in [1.807, 2.05) is 0 Å². The molecule has 0 bridgehead atoms. The molecule has 0 spiro atoms. The molecule has 0 atom stereocenters. The van der Waals surface area contributed by atoms with E-state index in [2.05, 4.69) is 21.9 Å². The summed E-state index contributed by atoms with van der Waals surface area (Å²) in [6, 6.07) is 0. The van der Waals surface area contributed by atoms with Gasteiger partial charge >= 0.3 is 0 Å². The molecule has 0 aliphatic carbocycles. The number of hydrazine groups is 3. The van der Waals surface area contributed by atoms with Gasteiger partial charge in [-0.25, -0.2) is 10.9 Å². The third kappa shape index (κ3) is 0.958. The predicted molar refractivity (Wildman–Crippen MR) is 31.6 cm³/mol. The van der Waals surface area contributed by atoms with Crippen molar-refractivity contribution in [2.24, 2.45) is 5.73 Å². The number of hydrogen-bond donors (Lipinski definition) is 6. The highest BCUT2D eigenvalue weighted by Crippen LogP contribution is 1.96. The lowest BCUT2D eigenvalue weighted by atomic mass is 10.2. The summed E-state index contributed by atoms with van der Waals surface area (Å²) in [4.78, 5) is 10.6. The zero-order chi connectivity index (χ0) is 7.61. The molecule has 0 saturated carbocycles. The van der Waals surface area contributed by atoms with Crippen LogP contribution in [0.2, 0.25) is 0 Å². The average molecular weight is 147 g/mol. The number of nitrogens with two attached hydrogens (primary N) is 1. The van der Waals surface area contributed by atoms with Crippen molar-refractivity contribution >= 4 is 5.91 Å². The van der Waals surface area contributed by atoms with Gasteiger partial charge in [0.25, 0.3) is 5.91 Å². The fourth-order valence-electron chi connectivity index (χ4n) is 0.587. The fraction of sp³-hybridized carbons (Fsp3) is 0.667. The van der Waals surface area contributed by atoms with Crippen molar-refractivity contribution in [3.63, 3.8) is 0 Å². The van der Waals surface area contributed by atoms with Gasteiger partial charge in [0.1, 0.15) is 0 Å². The molecule has 1 heterocycles. The Balaban J connectivity index is 2.67. The van der Waals surface area contributed by atoms with Crippen molar-refractivity contribution in [1.29, 1.82) is 0 Å². The Bertz CT molecular complexity index is 142. The standard InChI is InChI=1S/C3H9N5O2/c4-2(10)3(1-9)5-7-8-6-3/h5-9H,1H2,(H2,4,10). The molecule has 7 nitrogen and oxygen atoms in total. The molecule has 0 radical (unpaired) electrons. The molecule has 1 saturated heterocycles. The quantitative estimate of drug-likeness (QED) is 0.239. The van der Waals surface area contributed by atoms with Crippen LogP contribution in [0, 0.1) is 0 Å². The molecule has 1 aliphatic rings. The molecule has 1 rings (SSSR count). The zero-order valence-electron chi connectivity index (χ0n) is 5.14. The number of rotatable bonds is 2. The Kier molecular flexibility index (Phi) is 1.83. The van der Waals surface area contributed by atoms with Gasteiger partial charge in [-0.15, -0.1) is 0 Å². The van der Waals surface area contributed by atoms with Crippen LogP contribution >= 0.6 is 0 Å². The Morgan fingerprint density at radius 3 is 2.20 bits per heavy atom. The van der Waals surface area contributed by atoms with E-state index in [1.165, 1.54) is 0 Å². The van der Waals surface area contributed by atoms with E-state index < -0.39 is 18.2 Å². The lowest BCUT2D eigenvalue weighted by molar-refractivity contribution is -0.126. The Morgan fingerprint density at radius 2 is 2.00 bits per heavy atom. The molecule has 0 aromatic carbocycles. The first-order chi connectivity index (χ1) is 4.71. The summed E-state index contributed by atoms with van der Waals surface area (Å²) >= 11 is 0. The smallest absolute Gasteiger partial charge is 0.257 e. The normalized spacial score (nSPS) is 22.9. The number of amides is 1. The van der Waals surface area contributed by atoms with Gasteiger partial charge in [-0.1, -0.05) is 0 Å². The van der Waals surface area contributed by atoms with Crippen LogP contribution < -0.4 is 27.7 Å². The van der Waals surface area contributed by atoms with Crippen LogP contribution in [0.15, 0.2) is 0 Å². The molecule has 7 heteroatoms. The molecular weight excluding hydrogens is 138 g/mol. The maximum atomic E-state index is 10.6. The maximum absolute atomic E-state index is 10.6. The topological polar surface area (TPSA) is 111 Å². The number of carbonyl (C=O) groups excluding carboxylic acids is 1. The van der Waals surface area contributed by atoms with E-state index in [9.17, 15) is 4.79 Å². The highest BCUT2D eigenvalue weighted by atomic mass is 16.3. The fourth-order valence-corrected chi connectivity index (χ4v) is 0.587. The monoisotopic (exact) mass is 147 g/mol. The lowest BCUT2D eigenvalue weighted by Crippen LogP contribution is -2.63. The summed E-state index contributed by atoms with van der Waals surface area (Å²) in [5.41, 5.74) is 13.2. The second kappa shape index (κ2) is 2.48. The first-order valence-electron chi connectivity index (χ1n) is 2.66. The third-order valence-corrected chi connectivity index (χ3v) is 1.27. The molecular formula is C3H9N5O2. The molecule has 0 unspecified atom stereocenters. The Hall–Kier alpha value is -0.730. The van der Waals surface area contributed by atoms with Crippen LogP contribution in [0.1, 0.15) is 0 Å². The number of primary amides is 1. The van der Waals surface area contributed by atoms with Gasteiger partial charge in [-0.3, -0.25) is 4.79 Å². The number of carbonyl (C=O) groups is 1. The van der Waals surface area contributed by atoms with Crippen molar-refractivity contribution in [3.8, 4) is 0 Å². The first kappa shape index (κ1) is 7.38. The van der Waals surface area contributed by atoms with Crippen LogP contribution in [-0.4, -0.2) is 23.3 Å². The summed E-state index contributed by atoms with van der Waals surface area (Å²) in [5.74, 6) is -0.687. The maximum Gasteiger partial charge on any atom is 0.257 e. The lowest BCUT2D eigenvalue weighted by Gasteiger charge is -2.19. The Labute approximate surface area is 56.9 Å². The van der Waals surface area contributed by atoms with Crippen LogP contribution in [0.25, 0.3) is 0 Å². The summed E-state index contributed by atoms with van der Waals surface area (Å²) in [6.45, 7) is -0.428. The summed E-state index contributed by atoms with van der Waals surface area (Å²) in [5, 5.41) is 8.68. The molecule has 1 amide bonds. The van der Waals surface area contributed by atoms with E-state index in [0.717, 1.165) is 0 Å². The number of nitrogens with one attached hydrogen (secondary N) is 4. The van der Waals surface area contributed by atoms with Gasteiger partial charge < -0.3 is 10.8 Å². The van der Waals surface area contributed by atoms with Crippen LogP contribution in [-0.2, 0) is 4.79 Å². The number of hydrogen-bond acceptors (Lipinski definition) is 6. The number of aliphatic hydroxyl groups is 1. The van der Waals surface area contributed by atoms with Crippen LogP contribution in [0.4, 0.5) is 0 Å². The molecule has 1 fully saturated rings. The van der Waals surface area contributed by atoms with Crippen LogP contribution in [0.5, 0.6) is 0 Å². The summed E-state index contributed by atoms with van der Waals surface area (Å²) in [7, 11) is 0. The summed E-state index contributed by atoms with van der Waals surface area (Å²) in [6.07, 6.45) is 0. The highest BCUT2D eigenvalue weighted by Gasteiger charge is 2.38. The van der Waals surface area contributed by atoms with Gasteiger partial charge in [0.2, 0.25) is 0 Å². The minimum absolute atomic E-state index is 0.428. The van der Waals surface area contributed by atoms with Crippen molar-refractivity contribution < 1.29 is 9.90 Å². The Morgan fingerprint density at radius 1 is 1.50 bits per heavy atom. The van der Waals surface area contributed by atoms with Crippen molar-refractivity contribution in [2.75, 3.05) is 6.61 Å². The van der Waals surface area contributed by atoms with Crippen molar-refractivity contribution in [2.45, 2.75) is 5.66 Å². The van der Waals surface area contributed by atoms with Crippen LogP contribution in [0.3, 0.4) is 0 Å². The summed E-state index contributed by atoms with van der Waals surface area (Å²) < 4.78 is 0. The second-order valence-electron chi connectivity index (χ2n) is 1.93. The van der Waals surface area contributed by atoms with E-state index >= 15 is 0 Å². The second-order valence-corrected chi connectivity index (χ2v) is 1.93. The minimum atomic E-state index is -1.29. The molecule has 58 valence electrons. The molecule has 0 aromatic heterocycles. The van der Waals surface area contributed by atoms with Gasteiger partial charge in [-0.2, -0.15) is 11.1 Å². The zero-order valence-corrected chi connectivity index (χ0v) is 5.14. The SMILES string of the molecule is NC(=O)C1(CO)NNNN1. The number of aliphatic hydroxyl groups excluding tert-OH is 1. The highest BCUT2D eigenvalue weighted by molar-refractivity contribution is 5.84. The molecule has 10 heavy (non-hydrogen) atoms. The predicted octanol–water partition coefficient (Wildman–Crippen LogP) is -3.72. The molecule has 7 N–H and O–H groups in total. The van der Waals surface area contributed by atoms with Crippen molar-refractivity contribution in [3.05, 3.63) is 0 Å². The van der Waals surface area contributed by atoms with Gasteiger partial charge in [0, 0.05) is 0 Å². The van der Waals surface area contributed by atoms with Gasteiger partial charge in [-0.05, 0) is 0 Å². The minimum Gasteiger partial charge on any atom is -0.392 e. The average Bonchev–Trinajstić information content (AvgIpc) is 2.35.